The Morgan fingerprint density at radius 2 is 1.74 bits per heavy atom. The van der Waals surface area contributed by atoms with Crippen LogP contribution in [0, 0.1) is 5.82 Å². The number of alkyl carbamates (subject to hydrolysis) is 1. The summed E-state index contributed by atoms with van der Waals surface area (Å²) >= 11 is 0. The van der Waals surface area contributed by atoms with Gasteiger partial charge in [0.15, 0.2) is 0 Å². The van der Waals surface area contributed by atoms with Crippen LogP contribution in [0.4, 0.5) is 14.9 Å². The third kappa shape index (κ3) is 6.10. The molecule has 0 fully saturated rings. The Kier molecular flexibility index (Phi) is 6.87. The van der Waals surface area contributed by atoms with Crippen LogP contribution in [0.1, 0.15) is 12.0 Å². The number of anilines is 1. The number of ether oxygens (including phenoxy) is 1. The first-order chi connectivity index (χ1) is 12.9. The highest BCUT2D eigenvalue weighted by molar-refractivity contribution is 6.00. The maximum atomic E-state index is 13.0. The molecule has 0 spiro atoms. The molecule has 0 unspecified atom stereocenters. The van der Waals surface area contributed by atoms with E-state index >= 15 is 0 Å². The van der Waals surface area contributed by atoms with Gasteiger partial charge in [-0.15, -0.1) is 0 Å². The van der Waals surface area contributed by atoms with Crippen LogP contribution < -0.4 is 16.0 Å². The molecule has 2 aromatic carbocycles. The lowest BCUT2D eigenvalue weighted by molar-refractivity contribution is -0.125. The van der Waals surface area contributed by atoms with Crippen LogP contribution in [0.3, 0.4) is 0 Å². The highest BCUT2D eigenvalue weighted by Gasteiger charge is 2.27. The maximum absolute atomic E-state index is 13.0. The summed E-state index contributed by atoms with van der Waals surface area (Å²) in [7, 11) is 1.44. The van der Waals surface area contributed by atoms with Crippen LogP contribution in [-0.2, 0) is 20.9 Å². The van der Waals surface area contributed by atoms with Crippen molar-refractivity contribution in [3.8, 4) is 0 Å². The zero-order valence-electron chi connectivity index (χ0n) is 14.7. The molecule has 0 aliphatic heterocycles. The number of benzene rings is 2. The monoisotopic (exact) mass is 373 g/mol. The average Bonchev–Trinajstić information content (AvgIpc) is 2.66. The molecule has 142 valence electrons. The Morgan fingerprint density at radius 1 is 1.11 bits per heavy atom. The number of nitrogens with zero attached hydrogens (tertiary/aromatic N) is 1. The third-order valence-electron chi connectivity index (χ3n) is 3.75. The van der Waals surface area contributed by atoms with Crippen LogP contribution in [-0.4, -0.2) is 31.0 Å². The van der Waals surface area contributed by atoms with Crippen molar-refractivity contribution in [1.29, 1.82) is 0 Å². The molecule has 0 saturated carbocycles. The first-order valence-electron chi connectivity index (χ1n) is 8.15. The summed E-state index contributed by atoms with van der Waals surface area (Å²) in [4.78, 5) is 37.1. The van der Waals surface area contributed by atoms with Gasteiger partial charge in [0.25, 0.3) is 0 Å². The number of hydrogen-bond donors (Lipinski definition) is 2. The lowest BCUT2D eigenvalue weighted by atomic mass is 10.1. The van der Waals surface area contributed by atoms with Gasteiger partial charge < -0.3 is 20.7 Å². The van der Waals surface area contributed by atoms with Crippen LogP contribution in [0.25, 0.3) is 0 Å². The minimum atomic E-state index is -1.21. The van der Waals surface area contributed by atoms with Crippen molar-refractivity contribution in [2.45, 2.75) is 19.1 Å². The number of rotatable bonds is 7. The normalized spacial score (nSPS) is 11.3. The highest BCUT2D eigenvalue weighted by Crippen LogP contribution is 2.15. The summed E-state index contributed by atoms with van der Waals surface area (Å²) < 4.78 is 18.1. The number of amides is 3. The number of primary amides is 1. The van der Waals surface area contributed by atoms with Gasteiger partial charge in [-0.25, -0.2) is 9.18 Å². The van der Waals surface area contributed by atoms with E-state index in [-0.39, 0.29) is 6.61 Å². The molecule has 0 saturated heterocycles. The van der Waals surface area contributed by atoms with Crippen molar-refractivity contribution in [3.05, 3.63) is 66.0 Å². The molecule has 1 atom stereocenters. The number of nitrogens with one attached hydrogen (secondary N) is 1. The van der Waals surface area contributed by atoms with E-state index in [2.05, 4.69) is 5.32 Å². The predicted octanol–water partition coefficient (Wildman–Crippen LogP) is 1.96. The second kappa shape index (κ2) is 9.33. The molecular formula is C19H20FN3O4. The molecule has 2 aromatic rings. The molecule has 8 heteroatoms. The largest absolute Gasteiger partial charge is 0.445 e. The molecular weight excluding hydrogens is 353 g/mol. The van der Waals surface area contributed by atoms with Gasteiger partial charge in [-0.2, -0.15) is 0 Å². The molecule has 0 bridgehead atoms. The van der Waals surface area contributed by atoms with Gasteiger partial charge in [-0.05, 0) is 29.8 Å². The number of halogens is 1. The van der Waals surface area contributed by atoms with Gasteiger partial charge >= 0.3 is 6.09 Å². The quantitative estimate of drug-likeness (QED) is 0.774. The molecule has 0 heterocycles. The second-order valence-corrected chi connectivity index (χ2v) is 5.80. The molecule has 3 N–H and O–H groups in total. The fourth-order valence-corrected chi connectivity index (χ4v) is 2.33. The molecule has 3 amide bonds. The number of hydrogen-bond acceptors (Lipinski definition) is 4. The van der Waals surface area contributed by atoms with Gasteiger partial charge in [-0.3, -0.25) is 9.59 Å². The van der Waals surface area contributed by atoms with E-state index in [9.17, 15) is 18.8 Å². The Balaban J connectivity index is 2.02. The van der Waals surface area contributed by atoms with Gasteiger partial charge in [0, 0.05) is 12.7 Å². The number of likely N-dealkylation sites (N-methyl/N-ethyl adjacent to an activating group) is 1. The number of carbonyl (C=O) groups excluding carboxylic acids is 3. The maximum Gasteiger partial charge on any atom is 0.408 e. The molecule has 7 nitrogen and oxygen atoms in total. The first-order valence-corrected chi connectivity index (χ1v) is 8.15. The Bertz CT molecular complexity index is 796. The minimum absolute atomic E-state index is 0.0119. The summed E-state index contributed by atoms with van der Waals surface area (Å²) in [6.07, 6.45) is -1.25. The Labute approximate surface area is 155 Å². The molecule has 0 radical (unpaired) electrons. The summed E-state index contributed by atoms with van der Waals surface area (Å²) in [5, 5.41) is 2.35. The topological polar surface area (TPSA) is 102 Å². The van der Waals surface area contributed by atoms with Crippen molar-refractivity contribution in [2.75, 3.05) is 11.9 Å². The zero-order valence-corrected chi connectivity index (χ0v) is 14.7. The van der Waals surface area contributed by atoms with E-state index in [4.69, 9.17) is 10.5 Å². The average molecular weight is 373 g/mol. The summed E-state index contributed by atoms with van der Waals surface area (Å²) in [6.45, 7) is 0.0119. The summed E-state index contributed by atoms with van der Waals surface area (Å²) in [5.41, 5.74) is 6.35. The number of carbonyl (C=O) groups is 3. The molecule has 0 aliphatic carbocycles. The molecule has 0 aliphatic rings. The van der Waals surface area contributed by atoms with Crippen molar-refractivity contribution >= 4 is 23.6 Å². The van der Waals surface area contributed by atoms with Crippen molar-refractivity contribution < 1.29 is 23.5 Å². The molecule has 27 heavy (non-hydrogen) atoms. The predicted molar refractivity (Wildman–Crippen MR) is 97.2 cm³/mol. The lowest BCUT2D eigenvalue weighted by Crippen LogP contribution is -2.49. The lowest BCUT2D eigenvalue weighted by Gasteiger charge is -2.23. The fraction of sp³-hybridized carbons (Fsp3) is 0.211. The van der Waals surface area contributed by atoms with E-state index in [0.29, 0.717) is 5.69 Å². The summed E-state index contributed by atoms with van der Waals surface area (Å²) in [6, 6.07) is 13.0. The van der Waals surface area contributed by atoms with Gasteiger partial charge in [0.05, 0.1) is 6.42 Å². The Morgan fingerprint density at radius 3 is 2.33 bits per heavy atom. The molecule has 0 aromatic heterocycles. The molecule has 2 rings (SSSR count). The van der Waals surface area contributed by atoms with E-state index in [1.165, 1.54) is 36.2 Å². The van der Waals surface area contributed by atoms with Crippen LogP contribution in [0.15, 0.2) is 54.6 Å². The highest BCUT2D eigenvalue weighted by atomic mass is 19.1. The van der Waals surface area contributed by atoms with Gasteiger partial charge in [0.1, 0.15) is 18.5 Å². The minimum Gasteiger partial charge on any atom is -0.445 e. The van der Waals surface area contributed by atoms with E-state index in [1.54, 1.807) is 24.3 Å². The van der Waals surface area contributed by atoms with E-state index in [1.807, 2.05) is 6.07 Å². The SMILES string of the molecule is CN(C(=O)[C@H](CC(N)=O)NC(=O)OCc1ccccc1)c1ccc(F)cc1. The van der Waals surface area contributed by atoms with E-state index < -0.39 is 36.2 Å². The summed E-state index contributed by atoms with van der Waals surface area (Å²) in [5.74, 6) is -1.79. The second-order valence-electron chi connectivity index (χ2n) is 5.80. The van der Waals surface area contributed by atoms with Crippen molar-refractivity contribution in [1.82, 2.24) is 5.32 Å². The van der Waals surface area contributed by atoms with Crippen LogP contribution >= 0.6 is 0 Å². The van der Waals surface area contributed by atoms with Crippen molar-refractivity contribution in [3.63, 3.8) is 0 Å². The zero-order chi connectivity index (χ0) is 19.8. The van der Waals surface area contributed by atoms with Crippen LogP contribution in [0.5, 0.6) is 0 Å². The number of nitrogens with two attached hydrogens (primary N) is 1. The van der Waals surface area contributed by atoms with Gasteiger partial charge in [0.2, 0.25) is 11.8 Å². The van der Waals surface area contributed by atoms with Gasteiger partial charge in [-0.1, -0.05) is 30.3 Å². The first kappa shape index (κ1) is 19.9. The Hall–Kier alpha value is -3.42. The smallest absolute Gasteiger partial charge is 0.408 e. The standard InChI is InChI=1S/C19H20FN3O4/c1-23(15-9-7-14(20)8-10-15)18(25)16(11-17(21)24)22-19(26)27-12-13-5-3-2-4-6-13/h2-10,16H,11-12H2,1H3,(H2,21,24)(H,22,26)/t16-/m0/s1. The van der Waals surface area contributed by atoms with Crippen molar-refractivity contribution in [2.24, 2.45) is 5.73 Å². The van der Waals surface area contributed by atoms with Crippen LogP contribution in [0.2, 0.25) is 0 Å². The third-order valence-corrected chi connectivity index (χ3v) is 3.75. The fourth-order valence-electron chi connectivity index (χ4n) is 2.33. The van der Waals surface area contributed by atoms with E-state index in [0.717, 1.165) is 5.56 Å².